The Kier molecular flexibility index (Phi) is 4.30. The van der Waals surface area contributed by atoms with Crippen LogP contribution in [0.15, 0.2) is 42.7 Å². The molecule has 90 valence electrons. The largest absolute Gasteiger partial charge is 0.334 e. The first-order valence-electron chi connectivity index (χ1n) is 5.72. The van der Waals surface area contributed by atoms with Gasteiger partial charge in [0.2, 0.25) is 0 Å². The van der Waals surface area contributed by atoms with Crippen molar-refractivity contribution >= 4 is 0 Å². The van der Waals surface area contributed by atoms with Gasteiger partial charge in [-0.05, 0) is 12.5 Å². The second kappa shape index (κ2) is 6.18. The number of aryl methyl sites for hydroxylation is 1. The molecule has 0 bridgehead atoms. The normalized spacial score (nSPS) is 10.6. The van der Waals surface area contributed by atoms with Gasteiger partial charge in [-0.2, -0.15) is 0 Å². The quantitative estimate of drug-likeness (QED) is 0.609. The summed E-state index contributed by atoms with van der Waals surface area (Å²) in [5.74, 6) is 1.02. The molecular formula is C13H17N3O. The molecule has 17 heavy (non-hydrogen) atoms. The van der Waals surface area contributed by atoms with Crippen molar-refractivity contribution in [3.05, 3.63) is 54.1 Å². The van der Waals surface area contributed by atoms with Crippen molar-refractivity contribution in [2.24, 2.45) is 0 Å². The first kappa shape index (κ1) is 11.8. The highest BCUT2D eigenvalue weighted by Crippen LogP contribution is 1.99. The lowest BCUT2D eigenvalue weighted by Gasteiger charge is -2.07. The van der Waals surface area contributed by atoms with Gasteiger partial charge >= 0.3 is 0 Å². The number of nitrogens with zero attached hydrogens (tertiary/aromatic N) is 2. The van der Waals surface area contributed by atoms with E-state index in [1.807, 2.05) is 43.5 Å². The molecule has 0 aliphatic carbocycles. The van der Waals surface area contributed by atoms with Gasteiger partial charge in [0, 0.05) is 25.5 Å². The Bertz CT molecular complexity index is 439. The number of hydroxylamine groups is 1. The van der Waals surface area contributed by atoms with Gasteiger partial charge in [0.25, 0.3) is 0 Å². The molecule has 0 saturated heterocycles. The smallest absolute Gasteiger partial charge is 0.105 e. The number of aromatic nitrogens is 2. The van der Waals surface area contributed by atoms with Crippen LogP contribution in [0.25, 0.3) is 0 Å². The van der Waals surface area contributed by atoms with Crippen molar-refractivity contribution in [2.45, 2.75) is 20.1 Å². The van der Waals surface area contributed by atoms with Crippen molar-refractivity contribution in [1.29, 1.82) is 0 Å². The zero-order chi connectivity index (χ0) is 11.9. The van der Waals surface area contributed by atoms with Crippen LogP contribution in [0.3, 0.4) is 0 Å². The lowest BCUT2D eigenvalue weighted by atomic mass is 10.2. The van der Waals surface area contributed by atoms with Gasteiger partial charge in [-0.15, -0.1) is 0 Å². The summed E-state index contributed by atoms with van der Waals surface area (Å²) < 4.78 is 2.08. The van der Waals surface area contributed by atoms with Crippen molar-refractivity contribution in [3.63, 3.8) is 0 Å². The zero-order valence-corrected chi connectivity index (χ0v) is 9.97. The monoisotopic (exact) mass is 231 g/mol. The highest BCUT2D eigenvalue weighted by molar-refractivity contribution is 5.13. The second-order valence-corrected chi connectivity index (χ2v) is 3.84. The minimum Gasteiger partial charge on any atom is -0.334 e. The highest BCUT2D eigenvalue weighted by Gasteiger charge is 1.96. The summed E-state index contributed by atoms with van der Waals surface area (Å²) in [6.07, 6.45) is 3.77. The third-order valence-electron chi connectivity index (χ3n) is 2.56. The second-order valence-electron chi connectivity index (χ2n) is 3.84. The van der Waals surface area contributed by atoms with Crippen molar-refractivity contribution in [3.8, 4) is 0 Å². The van der Waals surface area contributed by atoms with Gasteiger partial charge in [-0.3, -0.25) is 4.84 Å². The molecule has 0 aliphatic heterocycles. The molecule has 0 radical (unpaired) electrons. The van der Waals surface area contributed by atoms with Gasteiger partial charge in [-0.25, -0.2) is 10.5 Å². The summed E-state index contributed by atoms with van der Waals surface area (Å²) in [7, 11) is 0. The Morgan fingerprint density at radius 1 is 1.29 bits per heavy atom. The molecule has 2 aromatic rings. The standard InChI is InChI=1S/C13H17N3O/c1-12-14-7-9-16(12)10-8-15-17-11-13-5-3-2-4-6-13/h2-7,9,15H,8,10-11H2,1H3. The van der Waals surface area contributed by atoms with Crippen LogP contribution in [0.1, 0.15) is 11.4 Å². The number of benzene rings is 1. The topological polar surface area (TPSA) is 39.1 Å². The molecule has 1 aromatic carbocycles. The first-order valence-corrected chi connectivity index (χ1v) is 5.72. The first-order chi connectivity index (χ1) is 8.36. The summed E-state index contributed by atoms with van der Waals surface area (Å²) >= 11 is 0. The Labute approximate surface area is 101 Å². The van der Waals surface area contributed by atoms with Crippen LogP contribution in [-0.4, -0.2) is 16.1 Å². The van der Waals surface area contributed by atoms with E-state index >= 15 is 0 Å². The Morgan fingerprint density at radius 3 is 2.82 bits per heavy atom. The highest BCUT2D eigenvalue weighted by atomic mass is 16.6. The lowest BCUT2D eigenvalue weighted by Crippen LogP contribution is -2.20. The van der Waals surface area contributed by atoms with E-state index in [-0.39, 0.29) is 0 Å². The molecule has 1 heterocycles. The van der Waals surface area contributed by atoms with Crippen LogP contribution >= 0.6 is 0 Å². The Hall–Kier alpha value is -1.65. The van der Waals surface area contributed by atoms with E-state index in [4.69, 9.17) is 4.84 Å². The minimum atomic E-state index is 0.587. The van der Waals surface area contributed by atoms with E-state index in [0.29, 0.717) is 6.61 Å². The molecule has 0 saturated carbocycles. The summed E-state index contributed by atoms with van der Waals surface area (Å²) in [6.45, 7) is 4.21. The minimum absolute atomic E-state index is 0.587. The summed E-state index contributed by atoms with van der Waals surface area (Å²) in [6, 6.07) is 10.1. The molecule has 0 unspecified atom stereocenters. The number of nitrogens with one attached hydrogen (secondary N) is 1. The van der Waals surface area contributed by atoms with Crippen molar-refractivity contribution < 1.29 is 4.84 Å². The molecule has 0 aliphatic rings. The molecule has 0 fully saturated rings. The van der Waals surface area contributed by atoms with Gasteiger partial charge in [0.05, 0.1) is 6.61 Å². The van der Waals surface area contributed by atoms with Gasteiger partial charge in [0.1, 0.15) is 5.82 Å². The maximum atomic E-state index is 5.37. The third kappa shape index (κ3) is 3.69. The average Bonchev–Trinajstić information content (AvgIpc) is 2.76. The van der Waals surface area contributed by atoms with Crippen LogP contribution in [0, 0.1) is 6.92 Å². The Morgan fingerprint density at radius 2 is 2.12 bits per heavy atom. The molecule has 2 rings (SSSR count). The van der Waals surface area contributed by atoms with E-state index in [9.17, 15) is 0 Å². The van der Waals surface area contributed by atoms with Crippen LogP contribution < -0.4 is 5.48 Å². The number of hydrogen-bond acceptors (Lipinski definition) is 3. The van der Waals surface area contributed by atoms with E-state index in [0.717, 1.165) is 18.9 Å². The predicted octanol–water partition coefficient (Wildman–Crippen LogP) is 1.91. The van der Waals surface area contributed by atoms with E-state index in [1.54, 1.807) is 6.20 Å². The van der Waals surface area contributed by atoms with Crippen LogP contribution in [0.5, 0.6) is 0 Å². The van der Waals surface area contributed by atoms with Crippen LogP contribution in [-0.2, 0) is 18.0 Å². The fourth-order valence-electron chi connectivity index (χ4n) is 1.59. The van der Waals surface area contributed by atoms with Gasteiger partial charge in [-0.1, -0.05) is 30.3 Å². The molecule has 0 atom stereocenters. The molecule has 4 nitrogen and oxygen atoms in total. The molecule has 1 N–H and O–H groups in total. The van der Waals surface area contributed by atoms with E-state index in [1.165, 1.54) is 5.56 Å². The summed E-state index contributed by atoms with van der Waals surface area (Å²) in [5, 5.41) is 0. The third-order valence-corrected chi connectivity index (χ3v) is 2.56. The maximum absolute atomic E-state index is 5.37. The van der Waals surface area contributed by atoms with E-state index in [2.05, 4.69) is 15.0 Å². The molecule has 1 aromatic heterocycles. The fraction of sp³-hybridized carbons (Fsp3) is 0.308. The van der Waals surface area contributed by atoms with Crippen LogP contribution in [0.4, 0.5) is 0 Å². The zero-order valence-electron chi connectivity index (χ0n) is 9.97. The fourth-order valence-corrected chi connectivity index (χ4v) is 1.59. The predicted molar refractivity (Wildman–Crippen MR) is 66.2 cm³/mol. The number of imidazole rings is 1. The SMILES string of the molecule is Cc1nccn1CCNOCc1ccccc1. The summed E-state index contributed by atoms with van der Waals surface area (Å²) in [4.78, 5) is 9.53. The molecular weight excluding hydrogens is 214 g/mol. The van der Waals surface area contributed by atoms with Crippen molar-refractivity contribution in [2.75, 3.05) is 6.54 Å². The van der Waals surface area contributed by atoms with Crippen molar-refractivity contribution in [1.82, 2.24) is 15.0 Å². The molecule has 0 amide bonds. The van der Waals surface area contributed by atoms with Crippen LogP contribution in [0.2, 0.25) is 0 Å². The lowest BCUT2D eigenvalue weighted by molar-refractivity contribution is 0.0262. The van der Waals surface area contributed by atoms with Gasteiger partial charge in [0.15, 0.2) is 0 Å². The average molecular weight is 231 g/mol. The Balaban J connectivity index is 1.63. The number of rotatable bonds is 6. The van der Waals surface area contributed by atoms with E-state index < -0.39 is 0 Å². The number of hydrogen-bond donors (Lipinski definition) is 1. The maximum Gasteiger partial charge on any atom is 0.105 e. The van der Waals surface area contributed by atoms with Gasteiger partial charge < -0.3 is 4.57 Å². The summed E-state index contributed by atoms with van der Waals surface area (Å²) in [5.41, 5.74) is 4.12. The molecule has 4 heteroatoms. The molecule has 0 spiro atoms.